The van der Waals surface area contributed by atoms with Gasteiger partial charge >= 0.3 is 0 Å². The highest BCUT2D eigenvalue weighted by molar-refractivity contribution is 5.88. The summed E-state index contributed by atoms with van der Waals surface area (Å²) in [4.78, 5) is 13.4. The van der Waals surface area contributed by atoms with Gasteiger partial charge in [0.25, 0.3) is 5.56 Å². The maximum absolute atomic E-state index is 13.4. The molecule has 0 aliphatic carbocycles. The highest BCUT2D eigenvalue weighted by Crippen LogP contribution is 2.20. The zero-order valence-corrected chi connectivity index (χ0v) is 14.9. The van der Waals surface area contributed by atoms with E-state index in [-0.39, 0.29) is 11.5 Å². The summed E-state index contributed by atoms with van der Waals surface area (Å²) in [5.41, 5.74) is 2.69. The van der Waals surface area contributed by atoms with Gasteiger partial charge in [-0.15, -0.1) is 0 Å². The van der Waals surface area contributed by atoms with Gasteiger partial charge in [-0.25, -0.2) is 0 Å². The molecule has 1 saturated heterocycles. The number of benzene rings is 2. The fourth-order valence-electron chi connectivity index (χ4n) is 3.47. The summed E-state index contributed by atoms with van der Waals surface area (Å²) >= 11 is 0. The van der Waals surface area contributed by atoms with E-state index in [9.17, 15) is 4.79 Å². The molecule has 1 aliphatic rings. The van der Waals surface area contributed by atoms with Crippen molar-refractivity contribution in [3.05, 3.63) is 76.2 Å². The number of fused-ring (bicyclic) bond motifs is 1. The standard InChI is InChI=1S/C23H21NO2/c1-2-20-15-19-8-6-7-18(12-11-17-13-14-26-16-17)22(19)23(25)24(20)21-9-4-3-5-10-21/h3-10,15,17H,2,13-14,16H2,1H3. The minimum absolute atomic E-state index is 0.00174. The highest BCUT2D eigenvalue weighted by Gasteiger charge is 2.14. The number of pyridine rings is 1. The number of hydrogen-bond donors (Lipinski definition) is 0. The number of nitrogens with zero attached hydrogens (tertiary/aromatic N) is 1. The summed E-state index contributed by atoms with van der Waals surface area (Å²) in [5, 5.41) is 1.65. The van der Waals surface area contributed by atoms with Gasteiger partial charge < -0.3 is 4.74 Å². The van der Waals surface area contributed by atoms with Crippen molar-refractivity contribution in [3.8, 4) is 17.5 Å². The number of hydrogen-bond acceptors (Lipinski definition) is 2. The first-order chi connectivity index (χ1) is 12.8. The summed E-state index contributed by atoms with van der Waals surface area (Å²) in [6.07, 6.45) is 1.75. The van der Waals surface area contributed by atoms with Crippen LogP contribution in [0.1, 0.15) is 24.6 Å². The largest absolute Gasteiger partial charge is 0.380 e. The van der Waals surface area contributed by atoms with Gasteiger partial charge in [0.2, 0.25) is 0 Å². The molecule has 3 aromatic rings. The second-order valence-corrected chi connectivity index (χ2v) is 6.56. The lowest BCUT2D eigenvalue weighted by Gasteiger charge is -2.14. The first-order valence-electron chi connectivity index (χ1n) is 9.10. The molecule has 3 heteroatoms. The molecule has 26 heavy (non-hydrogen) atoms. The molecule has 1 unspecified atom stereocenters. The normalized spacial score (nSPS) is 16.4. The van der Waals surface area contributed by atoms with E-state index in [1.54, 1.807) is 0 Å². The highest BCUT2D eigenvalue weighted by atomic mass is 16.5. The Balaban J connectivity index is 1.94. The molecule has 0 N–H and O–H groups in total. The predicted molar refractivity (Wildman–Crippen MR) is 105 cm³/mol. The summed E-state index contributed by atoms with van der Waals surface area (Å²) in [5.74, 6) is 6.79. The SMILES string of the molecule is CCc1cc2cccc(C#CC3CCOC3)c2c(=O)n1-c1ccccc1. The number of para-hydroxylation sites is 1. The minimum Gasteiger partial charge on any atom is -0.380 e. The van der Waals surface area contributed by atoms with Crippen molar-refractivity contribution in [2.45, 2.75) is 19.8 Å². The van der Waals surface area contributed by atoms with E-state index >= 15 is 0 Å². The van der Waals surface area contributed by atoms with Gasteiger partial charge in [-0.1, -0.05) is 49.1 Å². The van der Waals surface area contributed by atoms with E-state index in [0.29, 0.717) is 12.0 Å². The van der Waals surface area contributed by atoms with Gasteiger partial charge in [-0.3, -0.25) is 9.36 Å². The van der Waals surface area contributed by atoms with Crippen molar-refractivity contribution in [1.29, 1.82) is 0 Å². The van der Waals surface area contributed by atoms with Crippen LogP contribution in [-0.4, -0.2) is 17.8 Å². The zero-order chi connectivity index (χ0) is 17.9. The van der Waals surface area contributed by atoms with Crippen LogP contribution in [0.25, 0.3) is 16.5 Å². The van der Waals surface area contributed by atoms with Crippen LogP contribution in [-0.2, 0) is 11.2 Å². The van der Waals surface area contributed by atoms with Gasteiger partial charge in [-0.05, 0) is 42.5 Å². The van der Waals surface area contributed by atoms with Gasteiger partial charge in [0.1, 0.15) is 0 Å². The monoisotopic (exact) mass is 343 g/mol. The fourth-order valence-corrected chi connectivity index (χ4v) is 3.47. The van der Waals surface area contributed by atoms with Crippen LogP contribution < -0.4 is 5.56 Å². The Bertz CT molecular complexity index is 1050. The van der Waals surface area contributed by atoms with E-state index in [1.165, 1.54) is 0 Å². The first kappa shape index (κ1) is 16.6. The Morgan fingerprint density at radius 2 is 2.00 bits per heavy atom. The predicted octanol–water partition coefficient (Wildman–Crippen LogP) is 3.94. The van der Waals surface area contributed by atoms with Crippen molar-refractivity contribution in [2.24, 2.45) is 5.92 Å². The van der Waals surface area contributed by atoms with E-state index < -0.39 is 0 Å². The smallest absolute Gasteiger partial charge is 0.264 e. The third kappa shape index (κ3) is 3.05. The van der Waals surface area contributed by atoms with E-state index in [4.69, 9.17) is 4.74 Å². The molecular formula is C23H21NO2. The van der Waals surface area contributed by atoms with Gasteiger partial charge in [0.05, 0.1) is 12.0 Å². The average Bonchev–Trinajstić information content (AvgIpc) is 3.20. The second-order valence-electron chi connectivity index (χ2n) is 6.56. The molecule has 1 aromatic heterocycles. The summed E-state index contributed by atoms with van der Waals surface area (Å²) in [6.45, 7) is 3.53. The molecule has 0 bridgehead atoms. The van der Waals surface area contributed by atoms with Crippen LogP contribution >= 0.6 is 0 Å². The Morgan fingerprint density at radius 1 is 1.15 bits per heavy atom. The van der Waals surface area contributed by atoms with Gasteiger partial charge in [0.15, 0.2) is 0 Å². The van der Waals surface area contributed by atoms with Crippen LogP contribution in [0, 0.1) is 17.8 Å². The van der Waals surface area contributed by atoms with Crippen LogP contribution in [0.2, 0.25) is 0 Å². The van der Waals surface area contributed by atoms with Crippen LogP contribution in [0.3, 0.4) is 0 Å². The molecule has 0 saturated carbocycles. The van der Waals surface area contributed by atoms with Crippen molar-refractivity contribution in [3.63, 3.8) is 0 Å². The van der Waals surface area contributed by atoms with Crippen molar-refractivity contribution >= 4 is 10.8 Å². The minimum atomic E-state index is -0.00174. The first-order valence-corrected chi connectivity index (χ1v) is 9.10. The quantitative estimate of drug-likeness (QED) is 0.660. The maximum Gasteiger partial charge on any atom is 0.264 e. The lowest BCUT2D eigenvalue weighted by atomic mass is 10.0. The van der Waals surface area contributed by atoms with Crippen molar-refractivity contribution in [1.82, 2.24) is 4.57 Å². The summed E-state index contributed by atoms with van der Waals surface area (Å²) in [7, 11) is 0. The molecular weight excluding hydrogens is 322 g/mol. The fraction of sp³-hybridized carbons (Fsp3) is 0.261. The van der Waals surface area contributed by atoms with E-state index in [2.05, 4.69) is 24.8 Å². The average molecular weight is 343 g/mol. The molecule has 1 aliphatic heterocycles. The molecule has 130 valence electrons. The molecule has 0 radical (unpaired) electrons. The maximum atomic E-state index is 13.4. The van der Waals surface area contributed by atoms with Crippen LogP contribution in [0.4, 0.5) is 0 Å². The van der Waals surface area contributed by atoms with E-state index in [0.717, 1.165) is 41.8 Å². The number of aromatic nitrogens is 1. The molecule has 2 heterocycles. The Hall–Kier alpha value is -2.83. The topological polar surface area (TPSA) is 31.2 Å². The molecule has 1 fully saturated rings. The zero-order valence-electron chi connectivity index (χ0n) is 14.9. The lowest BCUT2D eigenvalue weighted by molar-refractivity contribution is 0.192. The Kier molecular flexibility index (Phi) is 4.60. The second kappa shape index (κ2) is 7.19. The molecule has 0 spiro atoms. The Morgan fingerprint density at radius 3 is 2.73 bits per heavy atom. The lowest BCUT2D eigenvalue weighted by Crippen LogP contribution is -2.22. The third-order valence-electron chi connectivity index (χ3n) is 4.84. The number of aryl methyl sites for hydroxylation is 1. The van der Waals surface area contributed by atoms with Gasteiger partial charge in [0, 0.05) is 29.5 Å². The van der Waals surface area contributed by atoms with Gasteiger partial charge in [-0.2, -0.15) is 0 Å². The summed E-state index contributed by atoms with van der Waals surface area (Å²) in [6, 6.07) is 17.8. The molecule has 0 amide bonds. The van der Waals surface area contributed by atoms with Crippen molar-refractivity contribution in [2.75, 3.05) is 13.2 Å². The summed E-state index contributed by atoms with van der Waals surface area (Å²) < 4.78 is 7.21. The van der Waals surface area contributed by atoms with Crippen LogP contribution in [0.15, 0.2) is 59.4 Å². The number of ether oxygens (including phenoxy) is 1. The number of rotatable bonds is 2. The molecule has 2 aromatic carbocycles. The van der Waals surface area contributed by atoms with Crippen LogP contribution in [0.5, 0.6) is 0 Å². The molecule has 1 atom stereocenters. The van der Waals surface area contributed by atoms with Crippen molar-refractivity contribution < 1.29 is 4.74 Å². The van der Waals surface area contributed by atoms with E-state index in [1.807, 2.05) is 53.1 Å². The Labute approximate surface area is 153 Å². The molecule has 4 rings (SSSR count). The third-order valence-corrected chi connectivity index (χ3v) is 4.84. The molecule has 3 nitrogen and oxygen atoms in total.